The maximum absolute atomic E-state index is 11.4. The summed E-state index contributed by atoms with van der Waals surface area (Å²) in [5, 5.41) is 0. The van der Waals surface area contributed by atoms with Crippen LogP contribution in [0.25, 0.3) is 0 Å². The van der Waals surface area contributed by atoms with Gasteiger partial charge in [-0.2, -0.15) is 0 Å². The van der Waals surface area contributed by atoms with Crippen molar-refractivity contribution in [3.63, 3.8) is 0 Å². The van der Waals surface area contributed by atoms with Gasteiger partial charge in [0.25, 0.3) is 0 Å². The highest BCUT2D eigenvalue weighted by molar-refractivity contribution is 5.91. The number of ketones is 1. The number of ether oxygens (including phenoxy) is 1. The number of rotatable bonds is 3. The minimum atomic E-state index is -0.351. The van der Waals surface area contributed by atoms with Gasteiger partial charge in [-0.25, -0.2) is 4.79 Å². The molecule has 0 radical (unpaired) electrons. The monoisotopic (exact) mass is 248 g/mol. The molecule has 0 spiro atoms. The van der Waals surface area contributed by atoms with E-state index in [0.29, 0.717) is 12.3 Å². The van der Waals surface area contributed by atoms with Crippen LogP contribution in [0.2, 0.25) is 0 Å². The average Bonchev–Trinajstić information content (AvgIpc) is 2.27. The first-order valence-electron chi connectivity index (χ1n) is 6.09. The molecule has 0 aromatic rings. The Morgan fingerprint density at radius 1 is 1.50 bits per heavy atom. The van der Waals surface area contributed by atoms with Crippen molar-refractivity contribution in [1.82, 2.24) is 0 Å². The van der Waals surface area contributed by atoms with Gasteiger partial charge >= 0.3 is 5.97 Å². The van der Waals surface area contributed by atoms with Gasteiger partial charge in [-0.15, -0.1) is 0 Å². The Morgan fingerprint density at radius 2 is 2.17 bits per heavy atom. The van der Waals surface area contributed by atoms with Crippen molar-refractivity contribution in [1.29, 1.82) is 0 Å². The molecule has 0 aromatic heterocycles. The van der Waals surface area contributed by atoms with Gasteiger partial charge < -0.3 is 4.74 Å². The normalized spacial score (nSPS) is 25.2. The van der Waals surface area contributed by atoms with Gasteiger partial charge in [0.2, 0.25) is 0 Å². The smallest absolute Gasteiger partial charge is 0.330 e. The van der Waals surface area contributed by atoms with Crippen LogP contribution in [0.5, 0.6) is 0 Å². The molecule has 0 N–H and O–H groups in total. The van der Waals surface area contributed by atoms with Gasteiger partial charge in [0.1, 0.15) is 0 Å². The molecule has 0 heterocycles. The lowest BCUT2D eigenvalue weighted by Crippen LogP contribution is -2.20. The number of carbonyl (C=O) groups is 2. The van der Waals surface area contributed by atoms with Crippen LogP contribution < -0.4 is 0 Å². The number of hydrogen-bond acceptors (Lipinski definition) is 3. The molecule has 18 heavy (non-hydrogen) atoms. The minimum absolute atomic E-state index is 0.200. The van der Waals surface area contributed by atoms with E-state index < -0.39 is 0 Å². The van der Waals surface area contributed by atoms with Crippen molar-refractivity contribution in [3.05, 3.63) is 35.5 Å². The van der Waals surface area contributed by atoms with Crippen LogP contribution in [0.1, 0.15) is 27.2 Å². The second kappa shape index (κ2) is 6.34. The van der Waals surface area contributed by atoms with Gasteiger partial charge in [-0.3, -0.25) is 4.79 Å². The molecule has 2 atom stereocenters. The molecule has 0 saturated carbocycles. The predicted molar refractivity (Wildman–Crippen MR) is 70.9 cm³/mol. The molecule has 0 bridgehead atoms. The van der Waals surface area contributed by atoms with E-state index in [1.165, 1.54) is 13.2 Å². The van der Waals surface area contributed by atoms with E-state index in [1.807, 2.05) is 19.9 Å². The summed E-state index contributed by atoms with van der Waals surface area (Å²) in [6.07, 6.45) is 7.72. The first kappa shape index (κ1) is 14.4. The Hall–Kier alpha value is -1.64. The van der Waals surface area contributed by atoms with Gasteiger partial charge in [0.15, 0.2) is 5.78 Å². The summed E-state index contributed by atoms with van der Waals surface area (Å²) >= 11 is 0. The molecular formula is C15H20O3. The summed E-state index contributed by atoms with van der Waals surface area (Å²) in [6, 6.07) is 0. The van der Waals surface area contributed by atoms with Gasteiger partial charge in [0, 0.05) is 18.4 Å². The van der Waals surface area contributed by atoms with Crippen LogP contribution in [-0.4, -0.2) is 18.9 Å². The number of carbonyl (C=O) groups excluding carboxylic acids is 2. The molecule has 98 valence electrons. The van der Waals surface area contributed by atoms with Crippen molar-refractivity contribution in [2.24, 2.45) is 11.8 Å². The van der Waals surface area contributed by atoms with Crippen molar-refractivity contribution in [2.75, 3.05) is 7.11 Å². The number of esters is 1. The number of allylic oxidation sites excluding steroid dienone is 5. The average molecular weight is 248 g/mol. The summed E-state index contributed by atoms with van der Waals surface area (Å²) in [5.74, 6) is 0.427. The van der Waals surface area contributed by atoms with Gasteiger partial charge in [0.05, 0.1) is 7.11 Å². The molecule has 0 aliphatic heterocycles. The summed E-state index contributed by atoms with van der Waals surface area (Å²) < 4.78 is 4.56. The van der Waals surface area contributed by atoms with Crippen molar-refractivity contribution >= 4 is 11.8 Å². The molecule has 0 aromatic carbocycles. The van der Waals surface area contributed by atoms with Gasteiger partial charge in [-0.05, 0) is 31.4 Å². The predicted octanol–water partition coefficient (Wildman–Crippen LogP) is 2.83. The highest BCUT2D eigenvalue weighted by atomic mass is 16.5. The van der Waals surface area contributed by atoms with Crippen LogP contribution in [0.4, 0.5) is 0 Å². The summed E-state index contributed by atoms with van der Waals surface area (Å²) in [6.45, 7) is 5.90. The zero-order chi connectivity index (χ0) is 13.7. The summed E-state index contributed by atoms with van der Waals surface area (Å²) in [7, 11) is 1.36. The third kappa shape index (κ3) is 3.99. The lowest BCUT2D eigenvalue weighted by molar-refractivity contribution is -0.134. The fourth-order valence-corrected chi connectivity index (χ4v) is 2.19. The van der Waals surface area contributed by atoms with E-state index in [4.69, 9.17) is 0 Å². The van der Waals surface area contributed by atoms with Crippen LogP contribution in [-0.2, 0) is 14.3 Å². The third-order valence-corrected chi connectivity index (χ3v) is 3.16. The highest BCUT2D eigenvalue weighted by Crippen LogP contribution is 2.29. The van der Waals surface area contributed by atoms with Crippen molar-refractivity contribution < 1.29 is 14.3 Å². The topological polar surface area (TPSA) is 43.4 Å². The van der Waals surface area contributed by atoms with Crippen molar-refractivity contribution in [2.45, 2.75) is 27.2 Å². The lowest BCUT2D eigenvalue weighted by Gasteiger charge is -2.25. The fraction of sp³-hybridized carbons (Fsp3) is 0.467. The molecule has 3 nitrogen and oxygen atoms in total. The fourth-order valence-electron chi connectivity index (χ4n) is 2.19. The van der Waals surface area contributed by atoms with Gasteiger partial charge in [-0.1, -0.05) is 24.6 Å². The second-order valence-corrected chi connectivity index (χ2v) is 4.83. The zero-order valence-corrected chi connectivity index (χ0v) is 11.4. The molecule has 0 amide bonds. The second-order valence-electron chi connectivity index (χ2n) is 4.83. The van der Waals surface area contributed by atoms with E-state index in [0.717, 1.165) is 11.1 Å². The largest absolute Gasteiger partial charge is 0.466 e. The first-order chi connectivity index (χ1) is 8.43. The molecule has 1 aliphatic carbocycles. The van der Waals surface area contributed by atoms with E-state index in [1.54, 1.807) is 6.08 Å². The molecule has 0 fully saturated rings. The minimum Gasteiger partial charge on any atom is -0.466 e. The van der Waals surface area contributed by atoms with Crippen LogP contribution in [0.15, 0.2) is 35.5 Å². The lowest BCUT2D eigenvalue weighted by atomic mass is 9.79. The zero-order valence-electron chi connectivity index (χ0n) is 11.4. The molecule has 2 unspecified atom stereocenters. The Kier molecular flexibility index (Phi) is 5.08. The Bertz CT molecular complexity index is 427. The van der Waals surface area contributed by atoms with Crippen LogP contribution >= 0.6 is 0 Å². The molecule has 1 rings (SSSR count). The standard InChI is InChI=1S/C15H20O3/c1-10(7-15(17)18-4)5-6-14-11(2)8-13(16)9-12(14)3/h5-8,12,14H,9H2,1-4H3/b6-5+,10-7-. The molecule has 0 saturated heterocycles. The van der Waals surface area contributed by atoms with E-state index in [2.05, 4.69) is 17.7 Å². The Labute approximate surface area is 108 Å². The van der Waals surface area contributed by atoms with E-state index >= 15 is 0 Å². The van der Waals surface area contributed by atoms with Crippen LogP contribution in [0, 0.1) is 11.8 Å². The SMILES string of the molecule is COC(=O)/C=C(C)\C=C\C1C(C)=CC(=O)CC1C. The van der Waals surface area contributed by atoms with Crippen LogP contribution in [0.3, 0.4) is 0 Å². The maximum Gasteiger partial charge on any atom is 0.330 e. The highest BCUT2D eigenvalue weighted by Gasteiger charge is 2.23. The van der Waals surface area contributed by atoms with E-state index in [9.17, 15) is 9.59 Å². The maximum atomic E-state index is 11.4. The molecular weight excluding hydrogens is 228 g/mol. The van der Waals surface area contributed by atoms with Crippen molar-refractivity contribution in [3.8, 4) is 0 Å². The Morgan fingerprint density at radius 3 is 2.72 bits per heavy atom. The third-order valence-electron chi connectivity index (χ3n) is 3.16. The first-order valence-corrected chi connectivity index (χ1v) is 6.09. The number of methoxy groups -OCH3 is 1. The summed E-state index contributed by atoms with van der Waals surface area (Å²) in [5.41, 5.74) is 1.93. The molecule has 3 heteroatoms. The van der Waals surface area contributed by atoms with E-state index in [-0.39, 0.29) is 17.7 Å². The summed E-state index contributed by atoms with van der Waals surface area (Å²) in [4.78, 5) is 22.4. The Balaban J connectivity index is 2.78. The molecule has 1 aliphatic rings. The number of hydrogen-bond donors (Lipinski definition) is 0. The quantitative estimate of drug-likeness (QED) is 0.438.